The molecule has 5 nitrogen and oxygen atoms in total. The molecule has 0 saturated carbocycles. The molecule has 2 aromatic carbocycles. The van der Waals surface area contributed by atoms with Crippen LogP contribution in [0.15, 0.2) is 71.9 Å². The van der Waals surface area contributed by atoms with E-state index < -0.39 is 0 Å². The number of nitrogens with one attached hydrogen (secondary N) is 2. The molecule has 0 atom stereocenters. The van der Waals surface area contributed by atoms with Gasteiger partial charge in [0.15, 0.2) is 0 Å². The number of nitrogens with zero attached hydrogens (tertiary/aromatic N) is 2. The molecule has 0 amide bonds. The molecule has 0 fully saturated rings. The van der Waals surface area contributed by atoms with Gasteiger partial charge in [0.2, 0.25) is 5.96 Å². The van der Waals surface area contributed by atoms with Gasteiger partial charge in [0.25, 0.3) is 0 Å². The second kappa shape index (κ2) is 6.02. The highest BCUT2D eigenvalue weighted by atomic mass is 15.3. The number of aliphatic imine (C=N–C) groups is 1. The molecule has 3 aromatic rings. The average molecular weight is 277 g/mol. The fourth-order valence-corrected chi connectivity index (χ4v) is 2.06. The Morgan fingerprint density at radius 2 is 1.81 bits per heavy atom. The Bertz CT molecular complexity index is 762. The first kappa shape index (κ1) is 13.1. The molecule has 0 aliphatic heterocycles. The highest BCUT2D eigenvalue weighted by Crippen LogP contribution is 2.24. The Morgan fingerprint density at radius 3 is 2.62 bits per heavy atom. The number of rotatable bonds is 2. The number of hydrogen-bond donors (Lipinski definition) is 3. The van der Waals surface area contributed by atoms with E-state index in [0.717, 1.165) is 22.3 Å². The van der Waals surface area contributed by atoms with E-state index >= 15 is 0 Å². The number of aromatic nitrogens is 1. The van der Waals surface area contributed by atoms with Crippen LogP contribution in [-0.2, 0) is 0 Å². The highest BCUT2D eigenvalue weighted by Gasteiger charge is 2.02. The summed E-state index contributed by atoms with van der Waals surface area (Å²) in [5, 5.41) is 4.11. The van der Waals surface area contributed by atoms with Crippen molar-refractivity contribution in [2.24, 2.45) is 10.8 Å². The van der Waals surface area contributed by atoms with Gasteiger partial charge < -0.3 is 5.32 Å². The number of hydrogen-bond acceptors (Lipinski definition) is 3. The number of fused-ring (bicyclic) bond motifs is 1. The summed E-state index contributed by atoms with van der Waals surface area (Å²) in [6.45, 7) is 0. The fourth-order valence-electron chi connectivity index (χ4n) is 2.06. The fraction of sp³-hybridized carbons (Fsp3) is 0. The topological polar surface area (TPSA) is 75.3 Å². The lowest BCUT2D eigenvalue weighted by atomic mass is 10.2. The quantitative estimate of drug-likeness (QED) is 0.291. The molecule has 21 heavy (non-hydrogen) atoms. The number of anilines is 1. The van der Waals surface area contributed by atoms with Crippen LogP contribution in [0.5, 0.6) is 0 Å². The van der Waals surface area contributed by atoms with Gasteiger partial charge in [0, 0.05) is 17.3 Å². The summed E-state index contributed by atoms with van der Waals surface area (Å²) in [4.78, 5) is 8.85. The van der Waals surface area contributed by atoms with Crippen molar-refractivity contribution in [1.82, 2.24) is 10.4 Å². The Balaban J connectivity index is 1.97. The molecule has 1 heterocycles. The molecule has 0 bridgehead atoms. The molecule has 4 N–H and O–H groups in total. The smallest absolute Gasteiger partial charge is 0.215 e. The molecule has 0 unspecified atom stereocenters. The maximum absolute atomic E-state index is 5.55. The minimum atomic E-state index is 0.470. The third kappa shape index (κ3) is 2.98. The molecule has 0 radical (unpaired) electrons. The Morgan fingerprint density at radius 1 is 0.952 bits per heavy atom. The number of pyridine rings is 1. The van der Waals surface area contributed by atoms with Crippen LogP contribution in [0.25, 0.3) is 10.9 Å². The Hall–Kier alpha value is -2.92. The van der Waals surface area contributed by atoms with Crippen LogP contribution in [0.1, 0.15) is 0 Å². The van der Waals surface area contributed by atoms with Crippen LogP contribution in [0, 0.1) is 0 Å². The van der Waals surface area contributed by atoms with Gasteiger partial charge in [-0.25, -0.2) is 10.8 Å². The van der Waals surface area contributed by atoms with Gasteiger partial charge in [0.05, 0.1) is 11.2 Å². The van der Waals surface area contributed by atoms with E-state index in [-0.39, 0.29) is 0 Å². The number of para-hydroxylation sites is 1. The van der Waals surface area contributed by atoms with Crippen LogP contribution in [0.3, 0.4) is 0 Å². The van der Waals surface area contributed by atoms with E-state index in [1.807, 2.05) is 60.7 Å². The van der Waals surface area contributed by atoms with Gasteiger partial charge in [-0.05, 0) is 36.4 Å². The minimum Gasteiger partial charge on any atom is -0.325 e. The average Bonchev–Trinajstić information content (AvgIpc) is 2.55. The van der Waals surface area contributed by atoms with E-state index in [4.69, 9.17) is 5.84 Å². The zero-order chi connectivity index (χ0) is 14.5. The summed E-state index contributed by atoms with van der Waals surface area (Å²) in [5.41, 5.74) is 5.19. The first-order valence-electron chi connectivity index (χ1n) is 6.58. The van der Waals surface area contributed by atoms with Crippen molar-refractivity contribution >= 4 is 28.2 Å². The molecular formula is C16H15N5. The van der Waals surface area contributed by atoms with Crippen LogP contribution < -0.4 is 16.6 Å². The minimum absolute atomic E-state index is 0.470. The second-order valence-corrected chi connectivity index (χ2v) is 4.44. The van der Waals surface area contributed by atoms with Gasteiger partial charge in [-0.15, -0.1) is 0 Å². The second-order valence-electron chi connectivity index (χ2n) is 4.44. The molecule has 0 saturated heterocycles. The van der Waals surface area contributed by atoms with Gasteiger partial charge >= 0.3 is 0 Å². The number of nitrogens with two attached hydrogens (primary N) is 1. The van der Waals surface area contributed by atoms with Crippen molar-refractivity contribution in [2.75, 3.05) is 5.32 Å². The lowest BCUT2D eigenvalue weighted by Gasteiger charge is -2.09. The third-order valence-corrected chi connectivity index (χ3v) is 3.03. The van der Waals surface area contributed by atoms with Crippen LogP contribution in [0.2, 0.25) is 0 Å². The highest BCUT2D eigenvalue weighted by molar-refractivity contribution is 5.98. The molecule has 104 valence electrons. The summed E-state index contributed by atoms with van der Waals surface area (Å²) in [7, 11) is 0. The number of guanidine groups is 1. The van der Waals surface area contributed by atoms with Crippen molar-refractivity contribution in [3.05, 3.63) is 66.9 Å². The van der Waals surface area contributed by atoms with E-state index in [9.17, 15) is 0 Å². The van der Waals surface area contributed by atoms with E-state index in [0.29, 0.717) is 5.96 Å². The molecule has 5 heteroatoms. The zero-order valence-electron chi connectivity index (χ0n) is 11.3. The van der Waals surface area contributed by atoms with Crippen molar-refractivity contribution in [2.45, 2.75) is 0 Å². The van der Waals surface area contributed by atoms with Crippen LogP contribution in [0.4, 0.5) is 11.4 Å². The summed E-state index contributed by atoms with van der Waals surface area (Å²) < 4.78 is 0. The van der Waals surface area contributed by atoms with Crippen molar-refractivity contribution < 1.29 is 0 Å². The lowest BCUT2D eigenvalue weighted by molar-refractivity contribution is 1.02. The SMILES string of the molecule is NNC(=Nc1cccc2ncccc12)Nc1ccccc1. The summed E-state index contributed by atoms with van der Waals surface area (Å²) in [5.74, 6) is 6.02. The van der Waals surface area contributed by atoms with E-state index in [2.05, 4.69) is 20.7 Å². The number of benzene rings is 2. The molecule has 0 aliphatic rings. The molecule has 1 aromatic heterocycles. The predicted octanol–water partition coefficient (Wildman–Crippen LogP) is 2.80. The van der Waals surface area contributed by atoms with E-state index in [1.165, 1.54) is 0 Å². The Kier molecular flexibility index (Phi) is 3.75. The van der Waals surface area contributed by atoms with Gasteiger partial charge in [-0.2, -0.15) is 0 Å². The van der Waals surface area contributed by atoms with Crippen LogP contribution >= 0.6 is 0 Å². The monoisotopic (exact) mass is 277 g/mol. The molecule has 0 spiro atoms. The van der Waals surface area contributed by atoms with Gasteiger partial charge in [-0.1, -0.05) is 24.3 Å². The first-order chi connectivity index (χ1) is 10.4. The largest absolute Gasteiger partial charge is 0.325 e. The van der Waals surface area contributed by atoms with Gasteiger partial charge in [-0.3, -0.25) is 10.4 Å². The van der Waals surface area contributed by atoms with Crippen molar-refractivity contribution in [3.63, 3.8) is 0 Å². The normalized spacial score (nSPS) is 11.4. The van der Waals surface area contributed by atoms with Crippen molar-refractivity contribution in [1.29, 1.82) is 0 Å². The first-order valence-corrected chi connectivity index (χ1v) is 6.58. The maximum Gasteiger partial charge on any atom is 0.215 e. The molecule has 3 rings (SSSR count). The Labute approximate surface area is 122 Å². The summed E-state index contributed by atoms with van der Waals surface area (Å²) in [6, 6.07) is 19.4. The van der Waals surface area contributed by atoms with Gasteiger partial charge in [0.1, 0.15) is 0 Å². The molecule has 0 aliphatic carbocycles. The summed E-state index contributed by atoms with van der Waals surface area (Å²) >= 11 is 0. The maximum atomic E-state index is 5.55. The van der Waals surface area contributed by atoms with Crippen molar-refractivity contribution in [3.8, 4) is 0 Å². The van der Waals surface area contributed by atoms with E-state index in [1.54, 1.807) is 6.20 Å². The molecular weight excluding hydrogens is 262 g/mol. The number of hydrazine groups is 1. The van der Waals surface area contributed by atoms with Crippen LogP contribution in [-0.4, -0.2) is 10.9 Å². The lowest BCUT2D eigenvalue weighted by Crippen LogP contribution is -2.35. The summed E-state index contributed by atoms with van der Waals surface area (Å²) in [6.07, 6.45) is 1.76. The predicted molar refractivity (Wildman–Crippen MR) is 86.2 cm³/mol. The zero-order valence-corrected chi connectivity index (χ0v) is 11.3. The third-order valence-electron chi connectivity index (χ3n) is 3.03. The standard InChI is InChI=1S/C16H15N5/c17-21-16(19-12-6-2-1-3-7-12)20-15-10-4-9-14-13(15)8-5-11-18-14/h1-11H,17H2,(H2,19,20,21).